The van der Waals surface area contributed by atoms with E-state index in [2.05, 4.69) is 26.1 Å². The highest BCUT2D eigenvalue weighted by molar-refractivity contribution is 4.91. The fourth-order valence-electron chi connectivity index (χ4n) is 2.76. The summed E-state index contributed by atoms with van der Waals surface area (Å²) in [5.74, 6) is 0.677. The van der Waals surface area contributed by atoms with Crippen molar-refractivity contribution in [3.8, 4) is 0 Å². The summed E-state index contributed by atoms with van der Waals surface area (Å²) < 4.78 is 5.32. The van der Waals surface area contributed by atoms with Gasteiger partial charge in [-0.15, -0.1) is 0 Å². The minimum absolute atomic E-state index is 0.500. The van der Waals surface area contributed by atoms with Crippen LogP contribution in [0.5, 0.6) is 0 Å². The summed E-state index contributed by atoms with van der Waals surface area (Å²) >= 11 is 0. The SMILES string of the molecule is COCC(C)C1(CNC(C)C)CCCC1. The minimum Gasteiger partial charge on any atom is -0.384 e. The molecule has 1 unspecified atom stereocenters. The van der Waals surface area contributed by atoms with E-state index >= 15 is 0 Å². The summed E-state index contributed by atoms with van der Waals surface area (Å²) in [5.41, 5.74) is 0.500. The molecule has 1 atom stereocenters. The van der Waals surface area contributed by atoms with E-state index in [0.717, 1.165) is 13.2 Å². The Morgan fingerprint density at radius 2 is 1.80 bits per heavy atom. The molecule has 0 bridgehead atoms. The second-order valence-electron chi connectivity index (χ2n) is 5.46. The molecule has 1 N–H and O–H groups in total. The molecule has 1 fully saturated rings. The van der Waals surface area contributed by atoms with Gasteiger partial charge in [0.05, 0.1) is 0 Å². The summed E-state index contributed by atoms with van der Waals surface area (Å²) in [6.07, 6.45) is 5.54. The minimum atomic E-state index is 0.500. The van der Waals surface area contributed by atoms with Gasteiger partial charge in [0.25, 0.3) is 0 Å². The van der Waals surface area contributed by atoms with Crippen molar-refractivity contribution in [2.75, 3.05) is 20.3 Å². The third kappa shape index (κ3) is 3.46. The van der Waals surface area contributed by atoms with Crippen LogP contribution in [0.3, 0.4) is 0 Å². The zero-order valence-corrected chi connectivity index (χ0v) is 10.8. The van der Waals surface area contributed by atoms with Crippen LogP contribution >= 0.6 is 0 Å². The molecule has 0 amide bonds. The molecule has 2 heteroatoms. The van der Waals surface area contributed by atoms with Gasteiger partial charge in [-0.3, -0.25) is 0 Å². The Morgan fingerprint density at radius 1 is 1.20 bits per heavy atom. The molecule has 15 heavy (non-hydrogen) atoms. The molecular weight excluding hydrogens is 186 g/mol. The third-order valence-electron chi connectivity index (χ3n) is 3.92. The van der Waals surface area contributed by atoms with Gasteiger partial charge in [-0.2, -0.15) is 0 Å². The van der Waals surface area contributed by atoms with E-state index < -0.39 is 0 Å². The van der Waals surface area contributed by atoms with Crippen molar-refractivity contribution in [2.24, 2.45) is 11.3 Å². The molecule has 1 aliphatic carbocycles. The monoisotopic (exact) mass is 213 g/mol. The van der Waals surface area contributed by atoms with Crippen molar-refractivity contribution < 1.29 is 4.74 Å². The highest BCUT2D eigenvalue weighted by Crippen LogP contribution is 2.43. The van der Waals surface area contributed by atoms with Crippen molar-refractivity contribution in [2.45, 2.75) is 52.5 Å². The van der Waals surface area contributed by atoms with Gasteiger partial charge in [0.1, 0.15) is 0 Å². The molecule has 0 heterocycles. The van der Waals surface area contributed by atoms with Crippen molar-refractivity contribution in [1.29, 1.82) is 0 Å². The predicted molar refractivity (Wildman–Crippen MR) is 65.1 cm³/mol. The summed E-state index contributed by atoms with van der Waals surface area (Å²) in [6.45, 7) is 8.86. The number of methoxy groups -OCH3 is 1. The average molecular weight is 213 g/mol. The molecule has 0 radical (unpaired) electrons. The zero-order chi connectivity index (χ0) is 11.3. The van der Waals surface area contributed by atoms with Crippen LogP contribution in [0.4, 0.5) is 0 Å². The number of rotatable bonds is 6. The topological polar surface area (TPSA) is 21.3 Å². The third-order valence-corrected chi connectivity index (χ3v) is 3.92. The van der Waals surface area contributed by atoms with Gasteiger partial charge < -0.3 is 10.1 Å². The number of hydrogen-bond donors (Lipinski definition) is 1. The number of nitrogens with one attached hydrogen (secondary N) is 1. The van der Waals surface area contributed by atoms with Crippen molar-refractivity contribution in [3.05, 3.63) is 0 Å². The smallest absolute Gasteiger partial charge is 0.0493 e. The molecular formula is C13H27NO. The first-order valence-corrected chi connectivity index (χ1v) is 6.33. The highest BCUT2D eigenvalue weighted by Gasteiger charge is 2.38. The molecule has 1 saturated carbocycles. The Balaban J connectivity index is 2.53. The van der Waals surface area contributed by atoms with Crippen molar-refractivity contribution in [1.82, 2.24) is 5.32 Å². The van der Waals surface area contributed by atoms with E-state index in [0.29, 0.717) is 17.4 Å². The maximum Gasteiger partial charge on any atom is 0.0493 e. The molecule has 90 valence electrons. The normalized spacial score (nSPS) is 22.2. The van der Waals surface area contributed by atoms with E-state index in [-0.39, 0.29) is 0 Å². The van der Waals surface area contributed by atoms with Crippen LogP contribution in [0.1, 0.15) is 46.5 Å². The lowest BCUT2D eigenvalue weighted by Crippen LogP contribution is -2.41. The predicted octanol–water partition coefficient (Wildman–Crippen LogP) is 2.83. The van der Waals surface area contributed by atoms with Gasteiger partial charge in [-0.05, 0) is 24.2 Å². The van der Waals surface area contributed by atoms with Crippen LogP contribution in [0.25, 0.3) is 0 Å². The molecule has 1 rings (SSSR count). The Labute approximate surface area is 94.8 Å². The molecule has 1 aliphatic rings. The second kappa shape index (κ2) is 5.86. The highest BCUT2D eigenvalue weighted by atomic mass is 16.5. The lowest BCUT2D eigenvalue weighted by molar-refractivity contribution is 0.0710. The Kier molecular flexibility index (Phi) is 5.07. The second-order valence-corrected chi connectivity index (χ2v) is 5.46. The Morgan fingerprint density at radius 3 is 2.27 bits per heavy atom. The van der Waals surface area contributed by atoms with Crippen LogP contribution < -0.4 is 5.32 Å². The van der Waals surface area contributed by atoms with Crippen LogP contribution in [0.15, 0.2) is 0 Å². The van der Waals surface area contributed by atoms with E-state index in [1.54, 1.807) is 0 Å². The van der Waals surface area contributed by atoms with E-state index in [1.807, 2.05) is 7.11 Å². The lowest BCUT2D eigenvalue weighted by atomic mass is 9.75. The largest absolute Gasteiger partial charge is 0.384 e. The lowest BCUT2D eigenvalue weighted by Gasteiger charge is -2.36. The summed E-state index contributed by atoms with van der Waals surface area (Å²) in [5, 5.41) is 3.61. The van der Waals surface area contributed by atoms with Crippen molar-refractivity contribution in [3.63, 3.8) is 0 Å². The molecule has 0 spiro atoms. The first-order chi connectivity index (χ1) is 7.10. The van der Waals surface area contributed by atoms with E-state index in [4.69, 9.17) is 4.74 Å². The molecule has 0 aromatic heterocycles. The van der Waals surface area contributed by atoms with Crippen LogP contribution in [0, 0.1) is 11.3 Å². The van der Waals surface area contributed by atoms with Gasteiger partial charge in [0.2, 0.25) is 0 Å². The summed E-state index contributed by atoms with van der Waals surface area (Å²) in [6, 6.07) is 0.595. The van der Waals surface area contributed by atoms with Crippen LogP contribution in [-0.4, -0.2) is 26.3 Å². The fraction of sp³-hybridized carbons (Fsp3) is 1.00. The molecule has 2 nitrogen and oxygen atoms in total. The van der Waals surface area contributed by atoms with Gasteiger partial charge in [-0.1, -0.05) is 33.6 Å². The molecule has 0 saturated heterocycles. The quantitative estimate of drug-likeness (QED) is 0.732. The maximum absolute atomic E-state index is 5.32. The van der Waals surface area contributed by atoms with Gasteiger partial charge in [0.15, 0.2) is 0 Å². The van der Waals surface area contributed by atoms with Gasteiger partial charge >= 0.3 is 0 Å². The van der Waals surface area contributed by atoms with Gasteiger partial charge in [-0.25, -0.2) is 0 Å². The molecule has 0 aliphatic heterocycles. The first-order valence-electron chi connectivity index (χ1n) is 6.33. The maximum atomic E-state index is 5.32. The Bertz CT molecular complexity index is 173. The van der Waals surface area contributed by atoms with Crippen LogP contribution in [-0.2, 0) is 4.74 Å². The average Bonchev–Trinajstić information content (AvgIpc) is 2.65. The van der Waals surface area contributed by atoms with E-state index in [9.17, 15) is 0 Å². The molecule has 0 aromatic rings. The fourth-order valence-corrected chi connectivity index (χ4v) is 2.76. The Hall–Kier alpha value is -0.0800. The molecule has 0 aromatic carbocycles. The van der Waals surface area contributed by atoms with Crippen molar-refractivity contribution >= 4 is 0 Å². The summed E-state index contributed by atoms with van der Waals surface area (Å²) in [4.78, 5) is 0. The van der Waals surface area contributed by atoms with E-state index in [1.165, 1.54) is 25.7 Å². The standard InChI is InChI=1S/C13H27NO/c1-11(2)14-10-13(7-5-6-8-13)12(3)9-15-4/h11-12,14H,5-10H2,1-4H3. The summed E-state index contributed by atoms with van der Waals surface area (Å²) in [7, 11) is 1.81. The number of ether oxygens (including phenoxy) is 1. The van der Waals surface area contributed by atoms with Crippen LogP contribution in [0.2, 0.25) is 0 Å². The zero-order valence-electron chi connectivity index (χ0n) is 10.8. The van der Waals surface area contributed by atoms with Gasteiger partial charge in [0, 0.05) is 26.3 Å². The number of hydrogen-bond acceptors (Lipinski definition) is 2. The first kappa shape index (κ1) is 13.0.